The molecule has 3 heterocycles. The molecule has 1 N–H and O–H groups in total. The Hall–Kier alpha value is -4.07. The first-order valence-corrected chi connectivity index (χ1v) is 11.4. The lowest BCUT2D eigenvalue weighted by atomic mass is 9.97. The number of hydrogen-bond acceptors (Lipinski definition) is 4. The van der Waals surface area contributed by atoms with Gasteiger partial charge in [-0.1, -0.05) is 38.1 Å². The summed E-state index contributed by atoms with van der Waals surface area (Å²) < 4.78 is 37.3. The van der Waals surface area contributed by atoms with E-state index in [1.165, 1.54) is 34.6 Å². The monoisotopic (exact) mass is 474 g/mol. The Morgan fingerprint density at radius 3 is 2.57 bits per heavy atom. The normalized spacial score (nSPS) is 13.0. The van der Waals surface area contributed by atoms with Crippen molar-refractivity contribution >= 4 is 5.91 Å². The van der Waals surface area contributed by atoms with Crippen LogP contribution in [0.15, 0.2) is 60.9 Å². The molecule has 1 aliphatic heterocycles. The highest BCUT2D eigenvalue weighted by Gasteiger charge is 2.30. The number of rotatable bonds is 6. The number of carbonyl (C=O) groups excluding carboxylic acids is 1. The van der Waals surface area contributed by atoms with Crippen molar-refractivity contribution in [2.24, 2.45) is 0 Å². The number of hydrogen-bond donors (Lipinski definition) is 1. The summed E-state index contributed by atoms with van der Waals surface area (Å²) in [7, 11) is 0. The number of ether oxygens (including phenoxy) is 1. The van der Waals surface area contributed by atoms with Gasteiger partial charge in [0, 0.05) is 35.5 Å². The van der Waals surface area contributed by atoms with E-state index >= 15 is 4.39 Å². The van der Waals surface area contributed by atoms with Gasteiger partial charge in [-0.25, -0.2) is 8.78 Å². The molecule has 0 unspecified atom stereocenters. The van der Waals surface area contributed by atoms with Gasteiger partial charge < -0.3 is 10.1 Å². The van der Waals surface area contributed by atoms with Gasteiger partial charge in [0.25, 0.3) is 5.91 Å². The standard InChI is InChI=1S/C27H24F2N4O2/c1-16(2)18-5-3-17(4-6-18)15-35-19-7-8-20(22(28)13-19)24-25(21-9-10-30-14-23(21)29)32-33-12-11-31-27(34)26(24)33/h3-10,13-14,16H,11-12,15H2,1-2H3,(H,31,34). The average molecular weight is 475 g/mol. The number of amides is 1. The number of halogens is 2. The Kier molecular flexibility index (Phi) is 6.03. The molecule has 0 saturated carbocycles. The van der Waals surface area contributed by atoms with E-state index < -0.39 is 11.6 Å². The Morgan fingerprint density at radius 2 is 1.86 bits per heavy atom. The van der Waals surface area contributed by atoms with Crippen molar-refractivity contribution in [3.05, 3.63) is 89.4 Å². The van der Waals surface area contributed by atoms with Crippen molar-refractivity contribution in [2.45, 2.75) is 32.9 Å². The highest BCUT2D eigenvalue weighted by Crippen LogP contribution is 2.38. The third-order valence-electron chi connectivity index (χ3n) is 6.07. The first kappa shape index (κ1) is 22.7. The molecule has 8 heteroatoms. The molecule has 0 atom stereocenters. The van der Waals surface area contributed by atoms with Crippen LogP contribution >= 0.6 is 0 Å². The topological polar surface area (TPSA) is 69.0 Å². The first-order chi connectivity index (χ1) is 16.9. The fourth-order valence-corrected chi connectivity index (χ4v) is 4.18. The zero-order valence-corrected chi connectivity index (χ0v) is 19.4. The molecule has 6 nitrogen and oxygen atoms in total. The van der Waals surface area contributed by atoms with E-state index in [1.807, 2.05) is 12.1 Å². The summed E-state index contributed by atoms with van der Waals surface area (Å²) in [5.41, 5.74) is 3.11. The molecule has 0 spiro atoms. The third kappa shape index (κ3) is 4.39. The number of fused-ring (bicyclic) bond motifs is 1. The van der Waals surface area contributed by atoms with Crippen LogP contribution in [0.2, 0.25) is 0 Å². The van der Waals surface area contributed by atoms with Gasteiger partial charge in [-0.05, 0) is 35.2 Å². The van der Waals surface area contributed by atoms with Crippen molar-refractivity contribution < 1.29 is 18.3 Å². The fraction of sp³-hybridized carbons (Fsp3) is 0.222. The molecule has 4 aromatic rings. The van der Waals surface area contributed by atoms with Gasteiger partial charge in [-0.3, -0.25) is 14.5 Å². The molecule has 2 aromatic heterocycles. The van der Waals surface area contributed by atoms with Gasteiger partial charge in [0.1, 0.15) is 29.6 Å². The highest BCUT2D eigenvalue weighted by atomic mass is 19.1. The second-order valence-corrected chi connectivity index (χ2v) is 8.73. The second-order valence-electron chi connectivity index (χ2n) is 8.73. The highest BCUT2D eigenvalue weighted by molar-refractivity contribution is 6.03. The molecule has 1 amide bonds. The Morgan fingerprint density at radius 1 is 1.06 bits per heavy atom. The molecule has 35 heavy (non-hydrogen) atoms. The molecular weight excluding hydrogens is 450 g/mol. The van der Waals surface area contributed by atoms with Gasteiger partial charge in [-0.15, -0.1) is 0 Å². The van der Waals surface area contributed by atoms with Crippen LogP contribution < -0.4 is 10.1 Å². The first-order valence-electron chi connectivity index (χ1n) is 11.4. The molecule has 2 aromatic carbocycles. The van der Waals surface area contributed by atoms with Gasteiger partial charge in [0.2, 0.25) is 0 Å². The average Bonchev–Trinajstić information content (AvgIpc) is 3.24. The quantitative estimate of drug-likeness (QED) is 0.410. The summed E-state index contributed by atoms with van der Waals surface area (Å²) in [6.45, 7) is 5.34. The van der Waals surface area contributed by atoms with E-state index in [2.05, 4.69) is 41.4 Å². The van der Waals surface area contributed by atoms with Crippen molar-refractivity contribution in [3.8, 4) is 28.1 Å². The smallest absolute Gasteiger partial charge is 0.270 e. The van der Waals surface area contributed by atoms with Crippen LogP contribution in [0.3, 0.4) is 0 Å². The minimum Gasteiger partial charge on any atom is -0.489 e. The van der Waals surface area contributed by atoms with E-state index in [4.69, 9.17) is 4.74 Å². The molecule has 0 bridgehead atoms. The molecular formula is C27H24F2N4O2. The lowest BCUT2D eigenvalue weighted by Gasteiger charge is -2.16. The van der Waals surface area contributed by atoms with E-state index in [0.717, 1.165) is 11.8 Å². The predicted molar refractivity (Wildman–Crippen MR) is 128 cm³/mol. The van der Waals surface area contributed by atoms with E-state index in [-0.39, 0.29) is 40.6 Å². The number of nitrogens with zero attached hydrogens (tertiary/aromatic N) is 3. The number of benzene rings is 2. The van der Waals surface area contributed by atoms with E-state index in [9.17, 15) is 9.18 Å². The fourth-order valence-electron chi connectivity index (χ4n) is 4.18. The summed E-state index contributed by atoms with van der Waals surface area (Å²) in [5.74, 6) is -0.796. The second kappa shape index (κ2) is 9.29. The maximum absolute atomic E-state index is 15.4. The van der Waals surface area contributed by atoms with Gasteiger partial charge in [-0.2, -0.15) is 5.10 Å². The maximum Gasteiger partial charge on any atom is 0.270 e. The lowest BCUT2D eigenvalue weighted by molar-refractivity contribution is 0.0925. The molecule has 0 radical (unpaired) electrons. The Labute approximate surface area is 201 Å². The van der Waals surface area contributed by atoms with Crippen molar-refractivity contribution in [3.63, 3.8) is 0 Å². The largest absolute Gasteiger partial charge is 0.489 e. The van der Waals surface area contributed by atoms with Crippen molar-refractivity contribution in [1.82, 2.24) is 20.1 Å². The van der Waals surface area contributed by atoms with Crippen LogP contribution in [0.25, 0.3) is 22.4 Å². The summed E-state index contributed by atoms with van der Waals surface area (Å²) in [6.07, 6.45) is 2.50. The number of nitrogens with one attached hydrogen (secondary N) is 1. The number of aromatic nitrogens is 3. The summed E-state index contributed by atoms with van der Waals surface area (Å²) in [6, 6.07) is 14.0. The molecule has 0 fully saturated rings. The van der Waals surface area contributed by atoms with Crippen LogP contribution in [0.5, 0.6) is 5.75 Å². The molecule has 1 aliphatic rings. The van der Waals surface area contributed by atoms with Crippen LogP contribution in [0.1, 0.15) is 41.4 Å². The van der Waals surface area contributed by atoms with Crippen LogP contribution in [0, 0.1) is 11.6 Å². The molecule has 0 aliphatic carbocycles. The van der Waals surface area contributed by atoms with Crippen LogP contribution in [-0.2, 0) is 13.2 Å². The third-order valence-corrected chi connectivity index (χ3v) is 6.07. The zero-order chi connectivity index (χ0) is 24.5. The SMILES string of the molecule is CC(C)c1ccc(COc2ccc(-c3c(-c4ccncc4F)nn4c3C(=O)NCC4)c(F)c2)cc1. The van der Waals surface area contributed by atoms with Crippen molar-refractivity contribution in [1.29, 1.82) is 0 Å². The van der Waals surface area contributed by atoms with Gasteiger partial charge in [0.05, 0.1) is 12.7 Å². The van der Waals surface area contributed by atoms with E-state index in [1.54, 1.807) is 6.07 Å². The maximum atomic E-state index is 15.4. The molecule has 0 saturated heterocycles. The number of pyridine rings is 1. The summed E-state index contributed by atoms with van der Waals surface area (Å²) in [5, 5.41) is 7.21. The van der Waals surface area contributed by atoms with E-state index in [0.29, 0.717) is 24.8 Å². The Bertz CT molecular complexity index is 1400. The molecule has 5 rings (SSSR count). The number of carbonyl (C=O) groups is 1. The van der Waals surface area contributed by atoms with Crippen molar-refractivity contribution in [2.75, 3.05) is 6.54 Å². The minimum absolute atomic E-state index is 0.142. The zero-order valence-electron chi connectivity index (χ0n) is 19.4. The van der Waals surface area contributed by atoms with Gasteiger partial charge >= 0.3 is 0 Å². The lowest BCUT2D eigenvalue weighted by Crippen LogP contribution is -2.35. The minimum atomic E-state index is -0.603. The summed E-state index contributed by atoms with van der Waals surface area (Å²) >= 11 is 0. The van der Waals surface area contributed by atoms with Gasteiger partial charge in [0.15, 0.2) is 5.82 Å². The van der Waals surface area contributed by atoms with Crippen LogP contribution in [0.4, 0.5) is 8.78 Å². The summed E-state index contributed by atoms with van der Waals surface area (Å²) in [4.78, 5) is 16.5. The molecule has 178 valence electrons. The predicted octanol–water partition coefficient (Wildman–Crippen LogP) is 5.34. The Balaban J connectivity index is 1.49. The van der Waals surface area contributed by atoms with Crippen LogP contribution in [-0.4, -0.2) is 27.2 Å².